The summed E-state index contributed by atoms with van der Waals surface area (Å²) < 4.78 is 63.8. The van der Waals surface area contributed by atoms with Crippen LogP contribution in [0.15, 0.2) is 0 Å². The van der Waals surface area contributed by atoms with Gasteiger partial charge in [-0.2, -0.15) is 0 Å². The van der Waals surface area contributed by atoms with Gasteiger partial charge in [0.15, 0.2) is 0 Å². The molecule has 0 spiro atoms. The molecule has 3 rings (SSSR count). The summed E-state index contributed by atoms with van der Waals surface area (Å²) >= 11 is 0. The summed E-state index contributed by atoms with van der Waals surface area (Å²) in [6.07, 6.45) is 2.89. The molecule has 0 amide bonds. The van der Waals surface area contributed by atoms with E-state index in [9.17, 15) is 0 Å². The molecule has 3 saturated heterocycles. The lowest BCUT2D eigenvalue weighted by Gasteiger charge is -2.47. The quantitative estimate of drug-likeness (QED) is 0.151. The summed E-state index contributed by atoms with van der Waals surface area (Å²) in [7, 11) is -19.1. The van der Waals surface area contributed by atoms with Crippen LogP contribution in [0.5, 0.6) is 0 Å². The van der Waals surface area contributed by atoms with Gasteiger partial charge in [-0.1, -0.05) is 0 Å². The van der Waals surface area contributed by atoms with Gasteiger partial charge in [0.2, 0.25) is 0 Å². The third kappa shape index (κ3) is 9.18. The first-order valence-electron chi connectivity index (χ1n) is 11.9. The van der Waals surface area contributed by atoms with Crippen LogP contribution in [0.25, 0.3) is 0 Å². The van der Waals surface area contributed by atoms with Gasteiger partial charge in [-0.25, -0.2) is 0 Å². The SMILES string of the molecule is NCCC[SiH]1O[SiH2]O[SiH]2O[SiH]3O[SiH2]O[SiH](CCCN)O[Si](CCCN)(O3)O[Si](CCCN)(O1)O2. The van der Waals surface area contributed by atoms with Crippen molar-refractivity contribution >= 4 is 75.2 Å². The van der Waals surface area contributed by atoms with Gasteiger partial charge in [0.25, 0.3) is 20.0 Å². The third-order valence-corrected chi connectivity index (χ3v) is 30.0. The lowest BCUT2D eigenvalue weighted by molar-refractivity contribution is 0.0876. The summed E-state index contributed by atoms with van der Waals surface area (Å²) in [6.45, 7) is 2.04. The smallest absolute Gasteiger partial charge is 0.422 e. The molecular weight excluding hydrogens is 585 g/mol. The lowest BCUT2D eigenvalue weighted by Crippen LogP contribution is -2.69. The zero-order chi connectivity index (χ0) is 24.3. The maximum atomic E-state index is 6.89. The molecule has 8 N–H and O–H groups in total. The molecule has 3 aliphatic rings. The van der Waals surface area contributed by atoms with Crippen molar-refractivity contribution in [2.75, 3.05) is 26.2 Å². The van der Waals surface area contributed by atoms with E-state index in [4.69, 9.17) is 64.1 Å². The number of hydrogen-bond acceptors (Lipinski definition) is 14. The zero-order valence-electron chi connectivity index (χ0n) is 19.6. The fourth-order valence-electron chi connectivity index (χ4n) is 3.61. The van der Waals surface area contributed by atoms with Crippen molar-refractivity contribution in [3.05, 3.63) is 0 Å². The first-order chi connectivity index (χ1) is 16.6. The van der Waals surface area contributed by atoms with Crippen LogP contribution in [0.4, 0.5) is 0 Å². The van der Waals surface area contributed by atoms with Gasteiger partial charge in [0, 0.05) is 12.1 Å². The molecule has 3 aliphatic heterocycles. The number of hydrogen-bond donors (Lipinski definition) is 4. The average molecular weight is 625 g/mol. The molecule has 3 heterocycles. The van der Waals surface area contributed by atoms with Gasteiger partial charge in [-0.05, 0) is 64.0 Å². The van der Waals surface area contributed by atoms with Crippen molar-refractivity contribution in [1.82, 2.24) is 0 Å². The van der Waals surface area contributed by atoms with Crippen molar-refractivity contribution in [1.29, 1.82) is 0 Å². The molecule has 0 aromatic heterocycles. The Morgan fingerprint density at radius 2 is 1.00 bits per heavy atom. The molecule has 6 unspecified atom stereocenters. The van der Waals surface area contributed by atoms with Crippen LogP contribution in [0.1, 0.15) is 25.7 Å². The molecule has 34 heavy (non-hydrogen) atoms. The molecular formula is C12H40N4O10Si8. The van der Waals surface area contributed by atoms with E-state index >= 15 is 0 Å². The molecule has 4 bridgehead atoms. The fourth-order valence-corrected chi connectivity index (χ4v) is 34.3. The summed E-state index contributed by atoms with van der Waals surface area (Å²) in [4.78, 5) is 0. The molecule has 200 valence electrons. The van der Waals surface area contributed by atoms with Gasteiger partial charge in [-0.3, -0.25) is 0 Å². The van der Waals surface area contributed by atoms with Crippen LogP contribution in [0, 0.1) is 0 Å². The second-order valence-corrected chi connectivity index (χ2v) is 27.3. The molecule has 22 heteroatoms. The summed E-state index contributed by atoms with van der Waals surface area (Å²) in [5.41, 5.74) is 23.2. The maximum absolute atomic E-state index is 6.89. The van der Waals surface area contributed by atoms with Crippen molar-refractivity contribution < 1.29 is 41.2 Å². The number of rotatable bonds is 12. The minimum absolute atomic E-state index is 0.464. The Morgan fingerprint density at radius 3 is 1.41 bits per heavy atom. The molecule has 0 saturated carbocycles. The fraction of sp³-hybridized carbons (Fsp3) is 1.00. The molecule has 0 radical (unpaired) electrons. The minimum Gasteiger partial charge on any atom is -0.422 e. The van der Waals surface area contributed by atoms with Crippen molar-refractivity contribution in [3.8, 4) is 0 Å². The van der Waals surface area contributed by atoms with Crippen LogP contribution in [-0.4, -0.2) is 101 Å². The first-order valence-corrected chi connectivity index (χ1v) is 24.4. The average Bonchev–Trinajstić information content (AvgIpc) is 2.79. The molecule has 0 aromatic rings. The topological polar surface area (TPSA) is 196 Å². The van der Waals surface area contributed by atoms with Crippen LogP contribution in [0.2, 0.25) is 24.2 Å². The zero-order valence-corrected chi connectivity index (χ0v) is 29.0. The van der Waals surface area contributed by atoms with Crippen LogP contribution < -0.4 is 22.9 Å². The highest BCUT2D eigenvalue weighted by atomic mass is 28.6. The van der Waals surface area contributed by atoms with Gasteiger partial charge >= 0.3 is 55.2 Å². The van der Waals surface area contributed by atoms with Gasteiger partial charge in [0.05, 0.1) is 0 Å². The molecule has 0 aliphatic carbocycles. The lowest BCUT2D eigenvalue weighted by atomic mass is 10.5. The Morgan fingerprint density at radius 1 is 0.559 bits per heavy atom. The Balaban J connectivity index is 1.94. The van der Waals surface area contributed by atoms with E-state index < -0.39 is 75.2 Å². The standard InChI is InChI=1S/C12H40N4O10Si8/c13-5-1-9-29-17-27-19-31-21-32-20-28-18-30(10-2-6-14)23-34(25-32,12-4-8-16)26-33(22-29,24-31)11-3-7-15/h29-32H,1-16,27-28H2. The molecule has 6 atom stereocenters. The van der Waals surface area contributed by atoms with E-state index in [1.165, 1.54) is 0 Å². The van der Waals surface area contributed by atoms with E-state index in [1.54, 1.807) is 0 Å². The minimum atomic E-state index is -3.39. The van der Waals surface area contributed by atoms with E-state index in [0.29, 0.717) is 51.1 Å². The van der Waals surface area contributed by atoms with E-state index in [1.807, 2.05) is 0 Å². The Kier molecular flexibility index (Phi) is 13.6. The highest BCUT2D eigenvalue weighted by molar-refractivity contribution is 6.87. The molecule has 3 fully saturated rings. The van der Waals surface area contributed by atoms with E-state index in [2.05, 4.69) is 0 Å². The summed E-state index contributed by atoms with van der Waals surface area (Å²) in [6, 6.07) is 2.48. The predicted octanol–water partition coefficient (Wildman–Crippen LogP) is -4.66. The highest BCUT2D eigenvalue weighted by Gasteiger charge is 2.60. The van der Waals surface area contributed by atoms with Crippen molar-refractivity contribution in [2.45, 2.75) is 49.9 Å². The second kappa shape index (κ2) is 15.6. The number of fused-ring (bicyclic) bond motifs is 4. The monoisotopic (exact) mass is 624 g/mol. The largest absolute Gasteiger partial charge is 0.476 e. The number of nitrogens with two attached hydrogens (primary N) is 4. The normalized spacial score (nSPS) is 38.5. The summed E-state index contributed by atoms with van der Waals surface area (Å²) in [5.74, 6) is 0. The van der Waals surface area contributed by atoms with E-state index in [-0.39, 0.29) is 0 Å². The maximum Gasteiger partial charge on any atom is 0.476 e. The highest BCUT2D eigenvalue weighted by Crippen LogP contribution is 2.34. The second-order valence-electron chi connectivity index (χ2n) is 8.06. The van der Waals surface area contributed by atoms with Crippen LogP contribution >= 0.6 is 0 Å². The van der Waals surface area contributed by atoms with Gasteiger partial charge in [-0.15, -0.1) is 0 Å². The Hall–Kier alpha value is 1.18. The van der Waals surface area contributed by atoms with Crippen LogP contribution in [0.3, 0.4) is 0 Å². The first kappa shape index (κ1) is 29.7. The van der Waals surface area contributed by atoms with E-state index in [0.717, 1.165) is 24.9 Å². The molecule has 14 nitrogen and oxygen atoms in total. The summed E-state index contributed by atoms with van der Waals surface area (Å²) in [5, 5.41) is 0. The van der Waals surface area contributed by atoms with Gasteiger partial charge < -0.3 is 64.1 Å². The Labute approximate surface area is 215 Å². The Bertz CT molecular complexity index is 547. The van der Waals surface area contributed by atoms with Crippen LogP contribution in [-0.2, 0) is 41.2 Å². The molecule has 0 aromatic carbocycles. The predicted molar refractivity (Wildman–Crippen MR) is 142 cm³/mol. The van der Waals surface area contributed by atoms with Crippen molar-refractivity contribution in [2.24, 2.45) is 22.9 Å². The third-order valence-electron chi connectivity index (χ3n) is 5.28. The van der Waals surface area contributed by atoms with Crippen molar-refractivity contribution in [3.63, 3.8) is 0 Å². The van der Waals surface area contributed by atoms with Gasteiger partial charge in [0.1, 0.15) is 0 Å².